The van der Waals surface area contributed by atoms with Crippen molar-refractivity contribution < 1.29 is 17.9 Å². The molecule has 1 amide bonds. The molecule has 1 N–H and O–H groups in total. The van der Waals surface area contributed by atoms with E-state index in [1.807, 2.05) is 6.07 Å². The molecular formula is C26H35BrN2O4S. The number of nitrogens with one attached hydrogen (secondary N) is 1. The number of carbonyl (C=O) groups excluding carboxylic acids is 1. The molecule has 0 aromatic heterocycles. The van der Waals surface area contributed by atoms with Gasteiger partial charge in [0, 0.05) is 23.2 Å². The van der Waals surface area contributed by atoms with Gasteiger partial charge in [-0.05, 0) is 61.7 Å². The molecule has 0 heterocycles. The van der Waals surface area contributed by atoms with Crippen LogP contribution in [0.2, 0.25) is 0 Å². The number of hydrogen-bond acceptors (Lipinski definition) is 4. The zero-order valence-corrected chi connectivity index (χ0v) is 22.5. The Bertz CT molecular complexity index is 1050. The summed E-state index contributed by atoms with van der Waals surface area (Å²) >= 11 is 3.42. The third-order valence-corrected chi connectivity index (χ3v) is 8.74. The molecule has 2 aromatic rings. The molecule has 8 heteroatoms. The van der Waals surface area contributed by atoms with Crippen molar-refractivity contribution in [2.45, 2.75) is 75.6 Å². The van der Waals surface area contributed by atoms with Crippen LogP contribution in [0.25, 0.3) is 0 Å². The van der Waals surface area contributed by atoms with Crippen molar-refractivity contribution in [1.82, 2.24) is 4.31 Å². The quantitative estimate of drug-likeness (QED) is 0.319. The lowest BCUT2D eigenvalue weighted by atomic mass is 9.96. The van der Waals surface area contributed by atoms with Crippen molar-refractivity contribution in [1.29, 1.82) is 0 Å². The van der Waals surface area contributed by atoms with Gasteiger partial charge in [-0.15, -0.1) is 0 Å². The summed E-state index contributed by atoms with van der Waals surface area (Å²) in [6, 6.07) is 11.8. The first-order valence-corrected chi connectivity index (χ1v) is 14.4. The molecule has 1 aliphatic rings. The van der Waals surface area contributed by atoms with Gasteiger partial charge in [0.05, 0.1) is 17.1 Å². The number of unbranched alkanes of at least 4 members (excludes halogenated alkanes) is 3. The van der Waals surface area contributed by atoms with E-state index in [-0.39, 0.29) is 16.8 Å². The molecule has 3 rings (SSSR count). The lowest BCUT2D eigenvalue weighted by molar-refractivity contribution is 0.102. The fourth-order valence-corrected chi connectivity index (χ4v) is 6.01. The maximum Gasteiger partial charge on any atom is 0.259 e. The van der Waals surface area contributed by atoms with E-state index in [2.05, 4.69) is 28.2 Å². The maximum atomic E-state index is 13.1. The number of carbonyl (C=O) groups is 1. The number of halogens is 1. The molecule has 34 heavy (non-hydrogen) atoms. The van der Waals surface area contributed by atoms with E-state index < -0.39 is 10.0 Å². The number of amides is 1. The summed E-state index contributed by atoms with van der Waals surface area (Å²) in [7, 11) is -1.91. The Balaban J connectivity index is 1.67. The number of benzene rings is 2. The van der Waals surface area contributed by atoms with Crippen LogP contribution in [0.4, 0.5) is 5.69 Å². The maximum absolute atomic E-state index is 13.1. The van der Waals surface area contributed by atoms with Crippen LogP contribution in [0.15, 0.2) is 51.8 Å². The van der Waals surface area contributed by atoms with Gasteiger partial charge in [-0.1, -0.05) is 61.4 Å². The molecule has 1 fully saturated rings. The van der Waals surface area contributed by atoms with Gasteiger partial charge in [-0.2, -0.15) is 4.31 Å². The number of nitrogens with zero attached hydrogens (tertiary/aromatic N) is 1. The van der Waals surface area contributed by atoms with Crippen molar-refractivity contribution in [3.05, 3.63) is 52.5 Å². The third-order valence-electron chi connectivity index (χ3n) is 6.32. The van der Waals surface area contributed by atoms with Crippen LogP contribution in [0, 0.1) is 0 Å². The van der Waals surface area contributed by atoms with Crippen LogP contribution in [-0.2, 0) is 10.0 Å². The summed E-state index contributed by atoms with van der Waals surface area (Å²) < 4.78 is 34.3. The minimum atomic E-state index is -3.57. The lowest BCUT2D eigenvalue weighted by Crippen LogP contribution is -2.38. The topological polar surface area (TPSA) is 75.7 Å². The van der Waals surface area contributed by atoms with E-state index in [0.29, 0.717) is 23.6 Å². The number of sulfonamides is 1. The number of ether oxygens (including phenoxy) is 1. The van der Waals surface area contributed by atoms with Crippen LogP contribution >= 0.6 is 15.9 Å². The highest BCUT2D eigenvalue weighted by Crippen LogP contribution is 2.28. The zero-order valence-electron chi connectivity index (χ0n) is 20.1. The number of rotatable bonds is 11. The van der Waals surface area contributed by atoms with Crippen molar-refractivity contribution in [2.75, 3.05) is 19.0 Å². The fourth-order valence-electron chi connectivity index (χ4n) is 4.23. The number of hydrogen-bond donors (Lipinski definition) is 1. The third kappa shape index (κ3) is 7.06. The smallest absolute Gasteiger partial charge is 0.259 e. The van der Waals surface area contributed by atoms with Gasteiger partial charge in [0.25, 0.3) is 5.91 Å². The average molecular weight is 552 g/mol. The Hall–Kier alpha value is -1.90. The molecule has 0 saturated heterocycles. The standard InChI is InChI=1S/C26H35BrN2O4S/c1-3-4-5-9-18-33-25-17-12-20(27)19-24(25)26(30)28-21-13-15-23(16-14-21)34(31,32)29(2)22-10-7-6-8-11-22/h12-17,19,22H,3-11,18H2,1-2H3,(H,28,30). The first kappa shape index (κ1) is 26.7. The van der Waals surface area contributed by atoms with Crippen LogP contribution in [0.1, 0.15) is 75.1 Å². The SMILES string of the molecule is CCCCCCOc1ccc(Br)cc1C(=O)Nc1ccc(S(=O)(=O)N(C)C2CCCCC2)cc1. The molecule has 0 spiro atoms. The predicted molar refractivity (Wildman–Crippen MR) is 140 cm³/mol. The highest BCUT2D eigenvalue weighted by atomic mass is 79.9. The second kappa shape index (κ2) is 12.7. The summed E-state index contributed by atoms with van der Waals surface area (Å²) in [4.78, 5) is 13.2. The average Bonchev–Trinajstić information content (AvgIpc) is 2.85. The van der Waals surface area contributed by atoms with Crippen LogP contribution in [-0.4, -0.2) is 38.3 Å². The van der Waals surface area contributed by atoms with E-state index in [1.54, 1.807) is 43.4 Å². The Labute approximate surface area is 212 Å². The summed E-state index contributed by atoms with van der Waals surface area (Å²) in [6.45, 7) is 2.72. The molecule has 0 bridgehead atoms. The zero-order chi connectivity index (χ0) is 24.6. The minimum Gasteiger partial charge on any atom is -0.493 e. The van der Waals surface area contributed by atoms with Crippen LogP contribution in [0.5, 0.6) is 5.75 Å². The molecule has 0 aliphatic heterocycles. The van der Waals surface area contributed by atoms with Gasteiger partial charge in [-0.3, -0.25) is 4.79 Å². The van der Waals surface area contributed by atoms with Crippen molar-refractivity contribution >= 4 is 37.5 Å². The predicted octanol–water partition coefficient (Wildman–Crippen LogP) is 6.61. The second-order valence-electron chi connectivity index (χ2n) is 8.84. The summed E-state index contributed by atoms with van der Waals surface area (Å²) in [6.07, 6.45) is 9.46. The van der Waals surface area contributed by atoms with E-state index in [9.17, 15) is 13.2 Å². The Morgan fingerprint density at radius 3 is 2.44 bits per heavy atom. The molecule has 1 aliphatic carbocycles. The van der Waals surface area contributed by atoms with E-state index in [1.165, 1.54) is 17.1 Å². The molecule has 0 radical (unpaired) electrons. The highest BCUT2D eigenvalue weighted by Gasteiger charge is 2.29. The van der Waals surface area contributed by atoms with Gasteiger partial charge >= 0.3 is 0 Å². The lowest BCUT2D eigenvalue weighted by Gasteiger charge is -2.30. The van der Waals surface area contributed by atoms with Crippen molar-refractivity contribution in [3.63, 3.8) is 0 Å². The van der Waals surface area contributed by atoms with Gasteiger partial charge in [0.1, 0.15) is 5.75 Å². The molecule has 0 unspecified atom stereocenters. The first-order chi connectivity index (χ1) is 16.3. The Morgan fingerprint density at radius 2 is 1.76 bits per heavy atom. The van der Waals surface area contributed by atoms with E-state index >= 15 is 0 Å². The van der Waals surface area contributed by atoms with E-state index in [4.69, 9.17) is 4.74 Å². The molecule has 6 nitrogen and oxygen atoms in total. The van der Waals surface area contributed by atoms with Crippen LogP contribution in [0.3, 0.4) is 0 Å². The fraction of sp³-hybridized carbons (Fsp3) is 0.500. The first-order valence-electron chi connectivity index (χ1n) is 12.1. The molecular weight excluding hydrogens is 516 g/mol. The van der Waals surface area contributed by atoms with Crippen molar-refractivity contribution in [3.8, 4) is 5.75 Å². The second-order valence-corrected chi connectivity index (χ2v) is 11.8. The summed E-state index contributed by atoms with van der Waals surface area (Å²) in [5.41, 5.74) is 0.955. The van der Waals surface area contributed by atoms with Gasteiger partial charge in [0.15, 0.2) is 0 Å². The monoisotopic (exact) mass is 550 g/mol. The molecule has 186 valence electrons. The molecule has 1 saturated carbocycles. The molecule has 0 atom stereocenters. The molecule has 2 aromatic carbocycles. The Morgan fingerprint density at radius 1 is 1.06 bits per heavy atom. The van der Waals surface area contributed by atoms with Gasteiger partial charge < -0.3 is 10.1 Å². The van der Waals surface area contributed by atoms with E-state index in [0.717, 1.165) is 49.4 Å². The number of anilines is 1. The largest absolute Gasteiger partial charge is 0.493 e. The van der Waals surface area contributed by atoms with Crippen LogP contribution < -0.4 is 10.1 Å². The van der Waals surface area contributed by atoms with Gasteiger partial charge in [0.2, 0.25) is 10.0 Å². The normalized spacial score (nSPS) is 14.8. The highest BCUT2D eigenvalue weighted by molar-refractivity contribution is 9.10. The summed E-state index contributed by atoms with van der Waals surface area (Å²) in [5.74, 6) is 0.227. The Kier molecular flexibility index (Phi) is 9.97. The summed E-state index contributed by atoms with van der Waals surface area (Å²) in [5, 5.41) is 2.86. The van der Waals surface area contributed by atoms with Crippen molar-refractivity contribution in [2.24, 2.45) is 0 Å². The van der Waals surface area contributed by atoms with Gasteiger partial charge in [-0.25, -0.2) is 8.42 Å². The minimum absolute atomic E-state index is 0.0510.